The molecule has 0 saturated heterocycles. The quantitative estimate of drug-likeness (QED) is 0.374. The Morgan fingerprint density at radius 3 is 2.52 bits per heavy atom. The van der Waals surface area contributed by atoms with Gasteiger partial charge in [-0.25, -0.2) is 4.98 Å². The van der Waals surface area contributed by atoms with Crippen LogP contribution < -0.4 is 0 Å². The number of hydrogen-bond acceptors (Lipinski definition) is 3. The van der Waals surface area contributed by atoms with Crippen molar-refractivity contribution < 1.29 is 4.74 Å². The van der Waals surface area contributed by atoms with E-state index in [1.807, 2.05) is 4.52 Å². The van der Waals surface area contributed by atoms with Crippen molar-refractivity contribution in [3.63, 3.8) is 0 Å². The van der Waals surface area contributed by atoms with Gasteiger partial charge in [0.2, 0.25) is 0 Å². The van der Waals surface area contributed by atoms with Crippen LogP contribution >= 0.6 is 15.9 Å². The number of fused-ring (bicyclic) bond motifs is 3. The molecule has 5 nitrogen and oxygen atoms in total. The number of aromatic nitrogens is 4. The van der Waals surface area contributed by atoms with Crippen molar-refractivity contribution in [3.05, 3.63) is 51.4 Å². The molecule has 29 heavy (non-hydrogen) atoms. The summed E-state index contributed by atoms with van der Waals surface area (Å²) in [6.07, 6.45) is 3.12. The molecule has 1 aromatic carbocycles. The summed E-state index contributed by atoms with van der Waals surface area (Å²) in [6.45, 7) is 11.3. The van der Waals surface area contributed by atoms with E-state index in [4.69, 9.17) is 14.8 Å². The highest BCUT2D eigenvalue weighted by atomic mass is 79.9. The van der Waals surface area contributed by atoms with Crippen molar-refractivity contribution in [2.75, 3.05) is 13.7 Å². The minimum Gasteiger partial charge on any atom is -0.383 e. The van der Waals surface area contributed by atoms with Crippen LogP contribution in [0.3, 0.4) is 0 Å². The van der Waals surface area contributed by atoms with E-state index in [2.05, 4.69) is 79.5 Å². The third kappa shape index (κ3) is 3.19. The maximum atomic E-state index is 5.48. The number of ether oxygens (including phenoxy) is 1. The predicted octanol–water partition coefficient (Wildman–Crippen LogP) is 5.94. The van der Waals surface area contributed by atoms with Crippen LogP contribution in [0.4, 0.5) is 0 Å². The van der Waals surface area contributed by atoms with Crippen LogP contribution in [0.15, 0.2) is 28.9 Å². The summed E-state index contributed by atoms with van der Waals surface area (Å²) in [4.78, 5) is 4.99. The molecule has 3 heterocycles. The van der Waals surface area contributed by atoms with Crippen LogP contribution in [0.25, 0.3) is 27.8 Å². The summed E-state index contributed by atoms with van der Waals surface area (Å²) in [7, 11) is 1.75. The van der Waals surface area contributed by atoms with Gasteiger partial charge in [-0.1, -0.05) is 28.9 Å². The Morgan fingerprint density at radius 2 is 1.86 bits per heavy atom. The lowest BCUT2D eigenvalue weighted by atomic mass is 9.99. The van der Waals surface area contributed by atoms with E-state index < -0.39 is 0 Å². The number of halogens is 1. The summed E-state index contributed by atoms with van der Waals surface area (Å²) >= 11 is 3.78. The molecule has 4 rings (SSSR count). The molecule has 0 bridgehead atoms. The van der Waals surface area contributed by atoms with Gasteiger partial charge >= 0.3 is 0 Å². The van der Waals surface area contributed by atoms with Crippen molar-refractivity contribution in [2.24, 2.45) is 0 Å². The van der Waals surface area contributed by atoms with Gasteiger partial charge in [0, 0.05) is 28.7 Å². The molecule has 0 amide bonds. The normalized spacial score (nSPS) is 12.9. The molecule has 0 spiro atoms. The van der Waals surface area contributed by atoms with Crippen molar-refractivity contribution in [3.8, 4) is 11.1 Å². The average Bonchev–Trinajstić information content (AvgIpc) is 3.22. The zero-order valence-electron chi connectivity index (χ0n) is 17.9. The summed E-state index contributed by atoms with van der Waals surface area (Å²) in [6, 6.07) is 6.76. The largest absolute Gasteiger partial charge is 0.383 e. The maximum Gasteiger partial charge on any atom is 0.165 e. The van der Waals surface area contributed by atoms with E-state index in [-0.39, 0.29) is 6.04 Å². The molecule has 0 aliphatic carbocycles. The average molecular weight is 455 g/mol. The molecule has 6 heteroatoms. The first-order valence-corrected chi connectivity index (χ1v) is 10.8. The highest BCUT2D eigenvalue weighted by molar-refractivity contribution is 9.10. The Labute approximate surface area is 179 Å². The first-order valence-electron chi connectivity index (χ1n) is 9.99. The van der Waals surface area contributed by atoms with E-state index in [0.717, 1.165) is 50.1 Å². The van der Waals surface area contributed by atoms with Crippen LogP contribution in [0, 0.1) is 27.7 Å². The molecule has 152 valence electrons. The van der Waals surface area contributed by atoms with Crippen molar-refractivity contribution >= 4 is 32.6 Å². The third-order valence-electron chi connectivity index (χ3n) is 5.69. The van der Waals surface area contributed by atoms with Gasteiger partial charge in [-0.15, -0.1) is 0 Å². The van der Waals surface area contributed by atoms with Crippen LogP contribution in [0.2, 0.25) is 0 Å². The maximum absolute atomic E-state index is 5.48. The number of rotatable bonds is 5. The van der Waals surface area contributed by atoms with Gasteiger partial charge in [0.15, 0.2) is 5.65 Å². The lowest BCUT2D eigenvalue weighted by Gasteiger charge is -2.18. The molecule has 1 atom stereocenters. The van der Waals surface area contributed by atoms with Gasteiger partial charge in [0.1, 0.15) is 5.65 Å². The predicted molar refractivity (Wildman–Crippen MR) is 122 cm³/mol. The fourth-order valence-electron chi connectivity index (χ4n) is 4.34. The second kappa shape index (κ2) is 7.58. The number of benzene rings is 1. The fraction of sp³-hybridized carbons (Fsp3) is 0.391. The van der Waals surface area contributed by atoms with Crippen molar-refractivity contribution in [2.45, 2.75) is 47.1 Å². The minimum absolute atomic E-state index is 0.253. The molecule has 0 saturated carbocycles. The molecule has 0 fully saturated rings. The first kappa shape index (κ1) is 20.1. The number of methoxy groups -OCH3 is 1. The molecule has 0 aliphatic heterocycles. The van der Waals surface area contributed by atoms with Crippen LogP contribution in [-0.2, 0) is 4.74 Å². The number of aryl methyl sites for hydroxylation is 4. The Kier molecular flexibility index (Phi) is 5.25. The summed E-state index contributed by atoms with van der Waals surface area (Å²) in [5.74, 6) is 0. The fourth-order valence-corrected chi connectivity index (χ4v) is 5.21. The van der Waals surface area contributed by atoms with Gasteiger partial charge in [-0.05, 0) is 57.4 Å². The van der Waals surface area contributed by atoms with E-state index in [9.17, 15) is 0 Å². The summed E-state index contributed by atoms with van der Waals surface area (Å²) < 4.78 is 10.9. The monoisotopic (exact) mass is 454 g/mol. The SMILES string of the molecule is CCC(COC)n1ccc2c(C)nc3c(-c4c(C)cc(C)cc4Br)c(C)nn3c21. The zero-order chi connectivity index (χ0) is 20.9. The third-order valence-corrected chi connectivity index (χ3v) is 6.32. The second-order valence-electron chi connectivity index (χ2n) is 7.81. The Balaban J connectivity index is 2.08. The van der Waals surface area contributed by atoms with Gasteiger partial charge in [-0.3, -0.25) is 0 Å². The van der Waals surface area contributed by atoms with Gasteiger partial charge in [0.25, 0.3) is 0 Å². The molecule has 0 radical (unpaired) electrons. The lowest BCUT2D eigenvalue weighted by Crippen LogP contribution is -2.14. The number of nitrogens with zero attached hydrogens (tertiary/aromatic N) is 4. The highest BCUT2D eigenvalue weighted by Gasteiger charge is 2.23. The van der Waals surface area contributed by atoms with Gasteiger partial charge in [-0.2, -0.15) is 9.61 Å². The van der Waals surface area contributed by atoms with Crippen LogP contribution in [0.5, 0.6) is 0 Å². The topological polar surface area (TPSA) is 44.3 Å². The minimum atomic E-state index is 0.253. The number of hydrogen-bond donors (Lipinski definition) is 0. The molecule has 0 N–H and O–H groups in total. The molecule has 3 aromatic heterocycles. The van der Waals surface area contributed by atoms with Crippen LogP contribution in [0.1, 0.15) is 41.9 Å². The molecular weight excluding hydrogens is 428 g/mol. The van der Waals surface area contributed by atoms with Crippen molar-refractivity contribution in [1.82, 2.24) is 19.2 Å². The van der Waals surface area contributed by atoms with Gasteiger partial charge < -0.3 is 9.30 Å². The molecule has 1 unspecified atom stereocenters. The smallest absolute Gasteiger partial charge is 0.165 e. The Bertz CT molecular complexity index is 1200. The van der Waals surface area contributed by atoms with Crippen molar-refractivity contribution in [1.29, 1.82) is 0 Å². The van der Waals surface area contributed by atoms with E-state index in [1.165, 1.54) is 11.1 Å². The summed E-state index contributed by atoms with van der Waals surface area (Å²) in [5.41, 5.74) is 8.67. The lowest BCUT2D eigenvalue weighted by molar-refractivity contribution is 0.154. The van der Waals surface area contributed by atoms with E-state index in [1.54, 1.807) is 7.11 Å². The molecule has 4 aromatic rings. The standard InChI is InChI=1S/C23H27BrN4O/c1-7-17(12-29-6)27-9-8-18-15(4)25-22-21(16(5)26-28(22)23(18)27)20-14(3)10-13(2)11-19(20)24/h8-11,17H,7,12H2,1-6H3. The second-order valence-corrected chi connectivity index (χ2v) is 8.66. The molecule has 0 aliphatic rings. The Hall–Kier alpha value is -2.18. The zero-order valence-corrected chi connectivity index (χ0v) is 19.5. The molecular formula is C23H27BrN4O. The van der Waals surface area contributed by atoms with E-state index >= 15 is 0 Å². The van der Waals surface area contributed by atoms with E-state index in [0.29, 0.717) is 6.61 Å². The Morgan fingerprint density at radius 1 is 1.10 bits per heavy atom. The summed E-state index contributed by atoms with van der Waals surface area (Å²) in [5, 5.41) is 6.07. The highest BCUT2D eigenvalue weighted by Crippen LogP contribution is 2.38. The first-order chi connectivity index (χ1) is 13.9. The van der Waals surface area contributed by atoms with Crippen LogP contribution in [-0.4, -0.2) is 32.9 Å². The van der Waals surface area contributed by atoms with Gasteiger partial charge in [0.05, 0.1) is 29.6 Å².